The molecule has 0 amide bonds. The van der Waals surface area contributed by atoms with Gasteiger partial charge in [-0.05, 0) is 13.0 Å². The Kier molecular flexibility index (Phi) is 3.08. The Morgan fingerprint density at radius 1 is 1.50 bits per heavy atom. The van der Waals surface area contributed by atoms with Gasteiger partial charge in [-0.15, -0.1) is 11.3 Å². The largest absolute Gasteiger partial charge is 0.349 e. The smallest absolute Gasteiger partial charge is 0.224 e. The first-order valence-electron chi connectivity index (χ1n) is 4.66. The van der Waals surface area contributed by atoms with Gasteiger partial charge in [0.2, 0.25) is 5.95 Å². The van der Waals surface area contributed by atoms with Gasteiger partial charge in [-0.25, -0.2) is 15.0 Å². The van der Waals surface area contributed by atoms with Crippen LogP contribution in [0.2, 0.25) is 0 Å². The number of aryl methyl sites for hydroxylation is 1. The molecule has 2 heterocycles. The molecule has 0 fully saturated rings. The fourth-order valence-electron chi connectivity index (χ4n) is 1.16. The number of nitriles is 1. The van der Waals surface area contributed by atoms with E-state index < -0.39 is 0 Å². The molecule has 2 rings (SSSR count). The van der Waals surface area contributed by atoms with Crippen molar-refractivity contribution in [1.82, 2.24) is 15.0 Å². The molecule has 80 valence electrons. The predicted octanol–water partition coefficient (Wildman–Crippen LogP) is 1.73. The maximum Gasteiger partial charge on any atom is 0.224 e. The Morgan fingerprint density at radius 2 is 2.38 bits per heavy atom. The highest BCUT2D eigenvalue weighted by Crippen LogP contribution is 2.12. The molecule has 0 radical (unpaired) electrons. The van der Waals surface area contributed by atoms with Crippen LogP contribution in [0.1, 0.15) is 15.6 Å². The van der Waals surface area contributed by atoms with E-state index in [9.17, 15) is 0 Å². The lowest BCUT2D eigenvalue weighted by Gasteiger charge is -2.01. The van der Waals surface area contributed by atoms with Crippen molar-refractivity contribution in [2.45, 2.75) is 13.5 Å². The van der Waals surface area contributed by atoms with Crippen molar-refractivity contribution in [1.29, 1.82) is 5.26 Å². The number of thiazole rings is 1. The van der Waals surface area contributed by atoms with E-state index >= 15 is 0 Å². The number of nitrogens with zero attached hydrogens (tertiary/aromatic N) is 4. The summed E-state index contributed by atoms with van der Waals surface area (Å²) in [5.41, 5.74) is 0.359. The number of rotatable bonds is 3. The first-order chi connectivity index (χ1) is 7.78. The number of aromatic nitrogens is 3. The topological polar surface area (TPSA) is 74.5 Å². The summed E-state index contributed by atoms with van der Waals surface area (Å²) in [5.74, 6) is 0.463. The highest BCUT2D eigenvalue weighted by atomic mass is 32.1. The molecule has 0 aliphatic heterocycles. The molecule has 16 heavy (non-hydrogen) atoms. The van der Waals surface area contributed by atoms with E-state index in [2.05, 4.69) is 20.3 Å². The molecule has 0 spiro atoms. The summed E-state index contributed by atoms with van der Waals surface area (Å²) in [7, 11) is 0. The molecular formula is C10H9N5S. The summed E-state index contributed by atoms with van der Waals surface area (Å²) in [4.78, 5) is 13.3. The van der Waals surface area contributed by atoms with Crippen molar-refractivity contribution in [2.75, 3.05) is 5.32 Å². The van der Waals surface area contributed by atoms with Crippen LogP contribution in [0.3, 0.4) is 0 Å². The van der Waals surface area contributed by atoms with Gasteiger partial charge in [-0.3, -0.25) is 0 Å². The lowest BCUT2D eigenvalue weighted by Crippen LogP contribution is -2.02. The maximum atomic E-state index is 8.67. The van der Waals surface area contributed by atoms with E-state index in [1.807, 2.05) is 19.2 Å². The summed E-state index contributed by atoms with van der Waals surface area (Å²) in [6, 6.07) is 3.54. The molecule has 5 nitrogen and oxygen atoms in total. The number of hydrogen-bond donors (Lipinski definition) is 1. The van der Waals surface area contributed by atoms with Crippen LogP contribution in [0.4, 0.5) is 5.95 Å². The zero-order chi connectivity index (χ0) is 11.4. The second-order valence-electron chi connectivity index (χ2n) is 3.08. The average molecular weight is 231 g/mol. The Hall–Kier alpha value is -2.00. The summed E-state index contributed by atoms with van der Waals surface area (Å²) >= 11 is 1.62. The molecule has 1 N–H and O–H groups in total. The lowest BCUT2D eigenvalue weighted by molar-refractivity contribution is 1.05. The van der Waals surface area contributed by atoms with E-state index in [1.165, 1.54) is 0 Å². The highest BCUT2D eigenvalue weighted by Gasteiger charge is 2.00. The van der Waals surface area contributed by atoms with Crippen molar-refractivity contribution in [2.24, 2.45) is 0 Å². The van der Waals surface area contributed by atoms with Crippen LogP contribution in [0.5, 0.6) is 0 Å². The average Bonchev–Trinajstić information content (AvgIpc) is 2.73. The van der Waals surface area contributed by atoms with Crippen LogP contribution in [0.25, 0.3) is 0 Å². The van der Waals surface area contributed by atoms with Gasteiger partial charge < -0.3 is 5.32 Å². The molecule has 0 bridgehead atoms. The van der Waals surface area contributed by atoms with E-state index in [0.29, 0.717) is 18.2 Å². The minimum absolute atomic E-state index is 0.359. The third-order valence-corrected chi connectivity index (χ3v) is 2.77. The van der Waals surface area contributed by atoms with Gasteiger partial charge >= 0.3 is 0 Å². The van der Waals surface area contributed by atoms with E-state index in [0.717, 1.165) is 9.88 Å². The zero-order valence-electron chi connectivity index (χ0n) is 8.64. The third-order valence-electron chi connectivity index (χ3n) is 1.86. The monoisotopic (exact) mass is 231 g/mol. The first-order valence-corrected chi connectivity index (χ1v) is 5.48. The predicted molar refractivity (Wildman–Crippen MR) is 60.9 cm³/mol. The van der Waals surface area contributed by atoms with Gasteiger partial charge in [0.15, 0.2) is 0 Å². The Morgan fingerprint density at radius 3 is 3.06 bits per heavy atom. The van der Waals surface area contributed by atoms with Gasteiger partial charge in [0.1, 0.15) is 11.8 Å². The van der Waals surface area contributed by atoms with Crippen LogP contribution in [0, 0.1) is 18.3 Å². The van der Waals surface area contributed by atoms with Gasteiger partial charge in [-0.2, -0.15) is 5.26 Å². The molecule has 0 atom stereocenters. The van der Waals surface area contributed by atoms with Crippen molar-refractivity contribution in [3.8, 4) is 6.07 Å². The molecule has 2 aromatic rings. The zero-order valence-corrected chi connectivity index (χ0v) is 9.45. The Balaban J connectivity index is 2.02. The van der Waals surface area contributed by atoms with E-state index in [1.54, 1.807) is 23.6 Å². The van der Waals surface area contributed by atoms with Crippen molar-refractivity contribution >= 4 is 17.3 Å². The number of anilines is 1. The van der Waals surface area contributed by atoms with Crippen molar-refractivity contribution < 1.29 is 0 Å². The van der Waals surface area contributed by atoms with Gasteiger partial charge in [0, 0.05) is 17.3 Å². The molecule has 0 unspecified atom stereocenters. The molecule has 0 aliphatic carbocycles. The molecule has 0 saturated heterocycles. The fourth-order valence-corrected chi connectivity index (χ4v) is 1.89. The van der Waals surface area contributed by atoms with Crippen LogP contribution < -0.4 is 5.32 Å². The van der Waals surface area contributed by atoms with Crippen LogP contribution >= 0.6 is 11.3 Å². The molecule has 0 aromatic carbocycles. The first kappa shape index (κ1) is 10.5. The second-order valence-corrected chi connectivity index (χ2v) is 4.40. The van der Waals surface area contributed by atoms with Gasteiger partial charge in [0.05, 0.1) is 11.6 Å². The SMILES string of the molecule is Cc1ncc(CNc2nccc(C#N)n2)s1. The molecule has 0 aliphatic rings. The standard InChI is InChI=1S/C10H9N5S/c1-7-13-5-9(16-7)6-14-10-12-3-2-8(4-11)15-10/h2-3,5H,6H2,1H3,(H,12,14,15). The second kappa shape index (κ2) is 4.68. The summed E-state index contributed by atoms with van der Waals surface area (Å²) < 4.78 is 0. The maximum absolute atomic E-state index is 8.67. The summed E-state index contributed by atoms with van der Waals surface area (Å²) in [6.45, 7) is 2.58. The molecule has 2 aromatic heterocycles. The van der Waals surface area contributed by atoms with E-state index in [-0.39, 0.29) is 0 Å². The lowest BCUT2D eigenvalue weighted by atomic mass is 10.4. The quantitative estimate of drug-likeness (QED) is 0.870. The van der Waals surface area contributed by atoms with E-state index in [4.69, 9.17) is 5.26 Å². The fraction of sp³-hybridized carbons (Fsp3) is 0.200. The summed E-state index contributed by atoms with van der Waals surface area (Å²) in [6.07, 6.45) is 3.38. The minimum atomic E-state index is 0.359. The molecule has 6 heteroatoms. The highest BCUT2D eigenvalue weighted by molar-refractivity contribution is 7.11. The van der Waals surface area contributed by atoms with Crippen molar-refractivity contribution in [3.05, 3.63) is 34.0 Å². The van der Waals surface area contributed by atoms with Crippen LogP contribution in [-0.4, -0.2) is 15.0 Å². The minimum Gasteiger partial charge on any atom is -0.349 e. The normalized spacial score (nSPS) is 9.75. The van der Waals surface area contributed by atoms with Crippen LogP contribution in [0.15, 0.2) is 18.5 Å². The van der Waals surface area contributed by atoms with Gasteiger partial charge in [-0.1, -0.05) is 0 Å². The molecule has 0 saturated carbocycles. The van der Waals surface area contributed by atoms with Gasteiger partial charge in [0.25, 0.3) is 0 Å². The third kappa shape index (κ3) is 2.52. The van der Waals surface area contributed by atoms with Crippen molar-refractivity contribution in [3.63, 3.8) is 0 Å². The molecular weight excluding hydrogens is 222 g/mol. The number of hydrogen-bond acceptors (Lipinski definition) is 6. The Labute approximate surface area is 96.8 Å². The summed E-state index contributed by atoms with van der Waals surface area (Å²) in [5, 5.41) is 12.8. The Bertz CT molecular complexity index is 528. The number of nitrogens with one attached hydrogen (secondary N) is 1. The van der Waals surface area contributed by atoms with Crippen LogP contribution in [-0.2, 0) is 6.54 Å².